The summed E-state index contributed by atoms with van der Waals surface area (Å²) < 4.78 is 0. The van der Waals surface area contributed by atoms with Crippen LogP contribution in [0.5, 0.6) is 0 Å². The highest BCUT2D eigenvalue weighted by molar-refractivity contribution is 5.90. The first-order chi connectivity index (χ1) is 12.3. The number of H-pyrrole nitrogens is 1. The van der Waals surface area contributed by atoms with Gasteiger partial charge in [-0.15, -0.1) is 0 Å². The zero-order chi connectivity index (χ0) is 17.1. The average molecular weight is 328 g/mol. The smallest absolute Gasteiger partial charge is 0.0489 e. The molecule has 2 nitrogen and oxygen atoms in total. The Hall–Kier alpha value is -2.58. The number of benzene rings is 2. The van der Waals surface area contributed by atoms with E-state index >= 15 is 0 Å². The van der Waals surface area contributed by atoms with Crippen molar-refractivity contribution in [3.63, 3.8) is 0 Å². The Bertz CT molecular complexity index is 916. The van der Waals surface area contributed by atoms with E-state index in [2.05, 4.69) is 84.0 Å². The second-order valence-electron chi connectivity index (χ2n) is 6.78. The van der Waals surface area contributed by atoms with Crippen LogP contribution in [0, 0.1) is 6.92 Å². The molecular formula is C23H24N2. The van der Waals surface area contributed by atoms with Crippen LogP contribution in [0.25, 0.3) is 22.6 Å². The molecule has 2 N–H and O–H groups in total. The predicted octanol–water partition coefficient (Wildman–Crippen LogP) is 5.33. The molecule has 2 aromatic carbocycles. The quantitative estimate of drug-likeness (QED) is 0.666. The highest BCUT2D eigenvalue weighted by Gasteiger charge is 2.14. The Morgan fingerprint density at radius 3 is 2.84 bits per heavy atom. The first-order valence-corrected chi connectivity index (χ1v) is 9.02. The van der Waals surface area contributed by atoms with E-state index in [1.807, 2.05) is 6.20 Å². The molecule has 4 rings (SSSR count). The molecule has 25 heavy (non-hydrogen) atoms. The number of hydrogen-bond acceptors (Lipinski definition) is 1. The summed E-state index contributed by atoms with van der Waals surface area (Å²) >= 11 is 0. The number of fused-ring (bicyclic) bond motifs is 1. The van der Waals surface area contributed by atoms with E-state index < -0.39 is 0 Å². The molecule has 126 valence electrons. The summed E-state index contributed by atoms with van der Waals surface area (Å²) in [6, 6.07) is 17.8. The fourth-order valence-electron chi connectivity index (χ4n) is 3.65. The highest BCUT2D eigenvalue weighted by atomic mass is 14.9. The van der Waals surface area contributed by atoms with Crippen molar-refractivity contribution in [3.05, 3.63) is 83.6 Å². The van der Waals surface area contributed by atoms with Crippen molar-refractivity contribution in [2.24, 2.45) is 0 Å². The third-order valence-corrected chi connectivity index (χ3v) is 5.05. The monoisotopic (exact) mass is 328 g/mol. The first kappa shape index (κ1) is 15.9. The van der Waals surface area contributed by atoms with E-state index in [1.165, 1.54) is 33.2 Å². The van der Waals surface area contributed by atoms with Gasteiger partial charge in [-0.1, -0.05) is 60.7 Å². The molecular weight excluding hydrogens is 304 g/mol. The number of aromatic amines is 1. The van der Waals surface area contributed by atoms with Crippen molar-refractivity contribution in [2.75, 3.05) is 6.54 Å². The normalized spacial score (nSPS) is 18.0. The average Bonchev–Trinajstić information content (AvgIpc) is 3.16. The third-order valence-electron chi connectivity index (χ3n) is 5.05. The summed E-state index contributed by atoms with van der Waals surface area (Å²) in [5, 5.41) is 4.92. The SMILES string of the molecule is Cc1ccc(/C=C/CC2CC(c3ccccc3)=CCN2)c2cc[nH]c12. The zero-order valence-corrected chi connectivity index (χ0v) is 14.6. The van der Waals surface area contributed by atoms with E-state index in [9.17, 15) is 0 Å². The lowest BCUT2D eigenvalue weighted by Crippen LogP contribution is -2.32. The fourth-order valence-corrected chi connectivity index (χ4v) is 3.65. The maximum atomic E-state index is 3.61. The topological polar surface area (TPSA) is 27.8 Å². The summed E-state index contributed by atoms with van der Waals surface area (Å²) in [4.78, 5) is 3.34. The molecule has 0 bridgehead atoms. The van der Waals surface area contributed by atoms with Crippen LogP contribution in [0.3, 0.4) is 0 Å². The second-order valence-corrected chi connectivity index (χ2v) is 6.78. The molecule has 0 aliphatic carbocycles. The van der Waals surface area contributed by atoms with Gasteiger partial charge >= 0.3 is 0 Å². The lowest BCUT2D eigenvalue weighted by Gasteiger charge is -2.23. The molecule has 1 aliphatic rings. The Morgan fingerprint density at radius 1 is 1.08 bits per heavy atom. The van der Waals surface area contributed by atoms with Gasteiger partial charge in [0.15, 0.2) is 0 Å². The summed E-state index contributed by atoms with van der Waals surface area (Å²) in [6.45, 7) is 3.10. The lowest BCUT2D eigenvalue weighted by atomic mass is 9.93. The van der Waals surface area contributed by atoms with Crippen LogP contribution in [-0.2, 0) is 0 Å². The summed E-state index contributed by atoms with van der Waals surface area (Å²) in [6.07, 6.45) is 11.0. The van der Waals surface area contributed by atoms with E-state index in [0.717, 1.165) is 19.4 Å². The van der Waals surface area contributed by atoms with E-state index in [0.29, 0.717) is 6.04 Å². The fraction of sp³-hybridized carbons (Fsp3) is 0.217. The third kappa shape index (κ3) is 3.45. The van der Waals surface area contributed by atoms with Crippen LogP contribution >= 0.6 is 0 Å². The van der Waals surface area contributed by atoms with E-state index in [1.54, 1.807) is 0 Å². The number of nitrogens with one attached hydrogen (secondary N) is 2. The van der Waals surface area contributed by atoms with Gasteiger partial charge in [-0.3, -0.25) is 0 Å². The molecule has 1 atom stereocenters. The van der Waals surface area contributed by atoms with Gasteiger partial charge in [-0.2, -0.15) is 0 Å². The molecule has 2 heterocycles. The Balaban J connectivity index is 1.44. The van der Waals surface area contributed by atoms with Gasteiger partial charge in [-0.05, 0) is 48.1 Å². The molecule has 1 aliphatic heterocycles. The van der Waals surface area contributed by atoms with Crippen molar-refractivity contribution in [3.8, 4) is 0 Å². The Kier molecular flexibility index (Phi) is 4.53. The summed E-state index contributed by atoms with van der Waals surface area (Å²) in [7, 11) is 0. The minimum Gasteiger partial charge on any atom is -0.361 e. The van der Waals surface area contributed by atoms with Crippen LogP contribution in [-0.4, -0.2) is 17.6 Å². The molecule has 0 radical (unpaired) electrons. The van der Waals surface area contributed by atoms with Crippen LogP contribution in [0.15, 0.2) is 66.9 Å². The molecule has 0 saturated carbocycles. The molecule has 3 aromatic rings. The maximum Gasteiger partial charge on any atom is 0.0489 e. The second kappa shape index (κ2) is 7.12. The largest absolute Gasteiger partial charge is 0.361 e. The number of rotatable bonds is 4. The molecule has 0 spiro atoms. The Morgan fingerprint density at radius 2 is 1.96 bits per heavy atom. The van der Waals surface area contributed by atoms with Gasteiger partial charge in [0.25, 0.3) is 0 Å². The predicted molar refractivity (Wildman–Crippen MR) is 108 cm³/mol. The van der Waals surface area contributed by atoms with Crippen LogP contribution < -0.4 is 5.32 Å². The van der Waals surface area contributed by atoms with E-state index in [-0.39, 0.29) is 0 Å². The maximum absolute atomic E-state index is 3.61. The van der Waals surface area contributed by atoms with Crippen molar-refractivity contribution in [1.29, 1.82) is 0 Å². The van der Waals surface area contributed by atoms with Gasteiger partial charge in [0, 0.05) is 29.7 Å². The summed E-state index contributed by atoms with van der Waals surface area (Å²) in [5.74, 6) is 0. The number of aromatic nitrogens is 1. The summed E-state index contributed by atoms with van der Waals surface area (Å²) in [5.41, 5.74) is 6.64. The van der Waals surface area contributed by atoms with Crippen molar-refractivity contribution in [1.82, 2.24) is 10.3 Å². The lowest BCUT2D eigenvalue weighted by molar-refractivity contribution is 0.542. The highest BCUT2D eigenvalue weighted by Crippen LogP contribution is 2.25. The van der Waals surface area contributed by atoms with Gasteiger partial charge in [-0.25, -0.2) is 0 Å². The zero-order valence-electron chi connectivity index (χ0n) is 14.6. The van der Waals surface area contributed by atoms with Gasteiger partial charge < -0.3 is 10.3 Å². The van der Waals surface area contributed by atoms with Gasteiger partial charge in [0.2, 0.25) is 0 Å². The standard InChI is InChI=1S/C23H24N2/c1-17-10-11-19(22-13-15-25-23(17)22)8-5-9-21-16-20(12-14-24-21)18-6-3-2-4-7-18/h2-8,10-13,15,21,24-25H,9,14,16H2,1H3/b8-5+. The number of aryl methyl sites for hydroxylation is 1. The molecule has 2 heteroatoms. The first-order valence-electron chi connectivity index (χ1n) is 9.02. The van der Waals surface area contributed by atoms with Crippen LogP contribution in [0.2, 0.25) is 0 Å². The molecule has 0 saturated heterocycles. The molecule has 1 aromatic heterocycles. The van der Waals surface area contributed by atoms with Crippen molar-refractivity contribution < 1.29 is 0 Å². The van der Waals surface area contributed by atoms with E-state index in [4.69, 9.17) is 0 Å². The van der Waals surface area contributed by atoms with Gasteiger partial charge in [0.1, 0.15) is 0 Å². The van der Waals surface area contributed by atoms with Gasteiger partial charge in [0.05, 0.1) is 0 Å². The van der Waals surface area contributed by atoms with Crippen molar-refractivity contribution >= 4 is 22.6 Å². The molecule has 1 unspecified atom stereocenters. The van der Waals surface area contributed by atoms with Crippen molar-refractivity contribution in [2.45, 2.75) is 25.8 Å². The Labute approximate surface area is 149 Å². The minimum absolute atomic E-state index is 0.503. The molecule has 0 amide bonds. The number of hydrogen-bond donors (Lipinski definition) is 2. The van der Waals surface area contributed by atoms with Crippen LogP contribution in [0.1, 0.15) is 29.5 Å². The minimum atomic E-state index is 0.503. The van der Waals surface area contributed by atoms with Crippen LogP contribution in [0.4, 0.5) is 0 Å². The molecule has 0 fully saturated rings.